The van der Waals surface area contributed by atoms with Gasteiger partial charge in [0.05, 0.1) is 12.6 Å². The summed E-state index contributed by atoms with van der Waals surface area (Å²) in [5.74, 6) is 0.745. The molecule has 2 atom stereocenters. The largest absolute Gasteiger partial charge is 0.448 e. The molecule has 23 heavy (non-hydrogen) atoms. The summed E-state index contributed by atoms with van der Waals surface area (Å²) in [7, 11) is 0. The molecule has 2 N–H and O–H groups in total. The lowest BCUT2D eigenvalue weighted by molar-refractivity contribution is -0.146. The summed E-state index contributed by atoms with van der Waals surface area (Å²) in [6.45, 7) is 5.03. The van der Waals surface area contributed by atoms with Gasteiger partial charge in [-0.1, -0.05) is 19.3 Å². The molecule has 2 amide bonds. The molecule has 0 saturated heterocycles. The Labute approximate surface area is 137 Å². The number of ether oxygens (including phenoxy) is 1. The third-order valence-electron chi connectivity index (χ3n) is 5.50. The molecule has 0 aromatic carbocycles. The van der Waals surface area contributed by atoms with E-state index in [4.69, 9.17) is 9.15 Å². The molecule has 2 aliphatic carbocycles. The topological polar surface area (TPSA) is 76.4 Å². The Hall–Kier alpha value is -1.56. The fraction of sp³-hybridized carbons (Fsp3) is 0.765. The van der Waals surface area contributed by atoms with Gasteiger partial charge in [0.1, 0.15) is 11.5 Å². The first-order valence-corrected chi connectivity index (χ1v) is 8.70. The zero-order chi connectivity index (χ0) is 16.3. The molecule has 1 heterocycles. The minimum Gasteiger partial charge on any atom is -0.448 e. The van der Waals surface area contributed by atoms with E-state index in [0.717, 1.165) is 37.3 Å². The van der Waals surface area contributed by atoms with E-state index < -0.39 is 0 Å². The van der Waals surface area contributed by atoms with Crippen molar-refractivity contribution in [1.29, 1.82) is 0 Å². The summed E-state index contributed by atoms with van der Waals surface area (Å²) in [5.41, 5.74) is 0.920. The summed E-state index contributed by atoms with van der Waals surface area (Å²) in [6, 6.07) is 0.0926. The quantitative estimate of drug-likeness (QED) is 0.874. The van der Waals surface area contributed by atoms with Crippen LogP contribution >= 0.6 is 0 Å². The van der Waals surface area contributed by atoms with Gasteiger partial charge in [0.2, 0.25) is 0 Å². The van der Waals surface area contributed by atoms with Gasteiger partial charge < -0.3 is 19.8 Å². The maximum absolute atomic E-state index is 12.2. The first-order valence-electron chi connectivity index (χ1n) is 8.70. The van der Waals surface area contributed by atoms with E-state index in [9.17, 15) is 4.79 Å². The van der Waals surface area contributed by atoms with Crippen molar-refractivity contribution in [2.75, 3.05) is 6.61 Å². The van der Waals surface area contributed by atoms with E-state index in [0.29, 0.717) is 12.6 Å². The van der Waals surface area contributed by atoms with Crippen LogP contribution in [-0.2, 0) is 11.3 Å². The highest BCUT2D eigenvalue weighted by Gasteiger charge is 2.56. The molecular weight excluding hydrogens is 294 g/mol. The SMILES string of the molecule is CCO[C@@H]1C[C@@H](NC(=O)NCc2ncoc2C)C12CCCCC2. The maximum Gasteiger partial charge on any atom is 0.315 e. The lowest BCUT2D eigenvalue weighted by atomic mass is 9.55. The summed E-state index contributed by atoms with van der Waals surface area (Å²) in [4.78, 5) is 16.3. The number of amides is 2. The van der Waals surface area contributed by atoms with Gasteiger partial charge in [-0.05, 0) is 33.1 Å². The van der Waals surface area contributed by atoms with Crippen LogP contribution in [-0.4, -0.2) is 29.8 Å². The van der Waals surface area contributed by atoms with Crippen LogP contribution in [0.1, 0.15) is 56.9 Å². The zero-order valence-electron chi connectivity index (χ0n) is 14.1. The van der Waals surface area contributed by atoms with Crippen molar-refractivity contribution >= 4 is 6.03 Å². The van der Waals surface area contributed by atoms with E-state index in [-0.39, 0.29) is 17.5 Å². The Balaban J connectivity index is 1.54. The molecule has 0 bridgehead atoms. The third kappa shape index (κ3) is 3.22. The van der Waals surface area contributed by atoms with Crippen molar-refractivity contribution in [2.24, 2.45) is 5.41 Å². The third-order valence-corrected chi connectivity index (χ3v) is 5.50. The summed E-state index contributed by atoms with van der Waals surface area (Å²) < 4.78 is 11.1. The van der Waals surface area contributed by atoms with Crippen molar-refractivity contribution < 1.29 is 13.9 Å². The van der Waals surface area contributed by atoms with Crippen LogP contribution in [0.2, 0.25) is 0 Å². The number of urea groups is 1. The summed E-state index contributed by atoms with van der Waals surface area (Å²) in [6.07, 6.45) is 8.71. The molecule has 0 radical (unpaired) electrons. The molecular formula is C17H27N3O3. The first-order chi connectivity index (χ1) is 11.2. The standard InChI is InChI=1S/C17H27N3O3/c1-3-22-15-9-14(17(15)7-5-4-6-8-17)20-16(21)18-10-13-12(2)23-11-19-13/h11,14-15H,3-10H2,1-2H3,(H2,18,20,21)/t14-,15-/m1/s1. The van der Waals surface area contributed by atoms with E-state index in [1.165, 1.54) is 25.7 Å². The van der Waals surface area contributed by atoms with Gasteiger partial charge in [-0.2, -0.15) is 0 Å². The molecule has 6 heteroatoms. The number of aromatic nitrogens is 1. The highest BCUT2D eigenvalue weighted by atomic mass is 16.5. The molecule has 0 unspecified atom stereocenters. The number of hydrogen-bond donors (Lipinski definition) is 2. The highest BCUT2D eigenvalue weighted by Crippen LogP contribution is 2.53. The van der Waals surface area contributed by atoms with E-state index in [1.54, 1.807) is 0 Å². The van der Waals surface area contributed by atoms with Crippen LogP contribution in [0.25, 0.3) is 0 Å². The first kappa shape index (κ1) is 16.3. The normalized spacial score (nSPS) is 25.8. The highest BCUT2D eigenvalue weighted by molar-refractivity contribution is 5.74. The van der Waals surface area contributed by atoms with Gasteiger partial charge in [-0.3, -0.25) is 0 Å². The van der Waals surface area contributed by atoms with Crippen LogP contribution in [0.5, 0.6) is 0 Å². The van der Waals surface area contributed by atoms with Crippen molar-refractivity contribution in [1.82, 2.24) is 15.6 Å². The number of rotatable bonds is 5. The van der Waals surface area contributed by atoms with Crippen LogP contribution < -0.4 is 10.6 Å². The molecule has 1 spiro atoms. The number of nitrogens with one attached hydrogen (secondary N) is 2. The molecule has 2 fully saturated rings. The monoisotopic (exact) mass is 321 g/mol. The summed E-state index contributed by atoms with van der Waals surface area (Å²) in [5, 5.41) is 6.04. The lowest BCUT2D eigenvalue weighted by Crippen LogP contribution is -2.66. The van der Waals surface area contributed by atoms with Gasteiger partial charge >= 0.3 is 6.03 Å². The molecule has 2 saturated carbocycles. The number of nitrogens with zero attached hydrogens (tertiary/aromatic N) is 1. The predicted molar refractivity (Wildman–Crippen MR) is 85.9 cm³/mol. The van der Waals surface area contributed by atoms with E-state index >= 15 is 0 Å². The molecule has 3 rings (SSSR count). The molecule has 0 aliphatic heterocycles. The zero-order valence-corrected chi connectivity index (χ0v) is 14.1. The minimum atomic E-state index is -0.128. The average Bonchev–Trinajstić information content (AvgIpc) is 2.98. The Kier molecular flexibility index (Phi) is 4.90. The second-order valence-corrected chi connectivity index (χ2v) is 6.71. The second-order valence-electron chi connectivity index (χ2n) is 6.71. The van der Waals surface area contributed by atoms with Crippen LogP contribution in [0.15, 0.2) is 10.8 Å². The van der Waals surface area contributed by atoms with Gasteiger partial charge in [-0.15, -0.1) is 0 Å². The fourth-order valence-electron chi connectivity index (χ4n) is 4.14. The maximum atomic E-state index is 12.2. The Morgan fingerprint density at radius 3 is 2.87 bits per heavy atom. The lowest BCUT2D eigenvalue weighted by Gasteiger charge is -2.57. The van der Waals surface area contributed by atoms with Crippen LogP contribution in [0.4, 0.5) is 4.79 Å². The van der Waals surface area contributed by atoms with E-state index in [2.05, 4.69) is 15.6 Å². The smallest absolute Gasteiger partial charge is 0.315 e. The Bertz CT molecular complexity index is 537. The molecule has 128 valence electrons. The molecule has 1 aromatic heterocycles. The summed E-state index contributed by atoms with van der Waals surface area (Å²) >= 11 is 0. The van der Waals surface area contributed by atoms with Crippen molar-refractivity contribution in [3.8, 4) is 0 Å². The number of hydrogen-bond acceptors (Lipinski definition) is 4. The van der Waals surface area contributed by atoms with Crippen molar-refractivity contribution in [3.05, 3.63) is 17.8 Å². The second kappa shape index (κ2) is 6.91. The minimum absolute atomic E-state index is 0.128. The van der Waals surface area contributed by atoms with Gasteiger partial charge in [-0.25, -0.2) is 9.78 Å². The number of aryl methyl sites for hydroxylation is 1. The Morgan fingerprint density at radius 2 is 2.22 bits per heavy atom. The van der Waals surface area contributed by atoms with Gasteiger partial charge in [0.25, 0.3) is 0 Å². The van der Waals surface area contributed by atoms with Gasteiger partial charge in [0.15, 0.2) is 6.39 Å². The number of carbonyl (C=O) groups is 1. The molecule has 2 aliphatic rings. The number of oxazole rings is 1. The fourth-order valence-corrected chi connectivity index (χ4v) is 4.14. The van der Waals surface area contributed by atoms with Crippen molar-refractivity contribution in [2.45, 2.75) is 71.1 Å². The van der Waals surface area contributed by atoms with Crippen LogP contribution in [0, 0.1) is 12.3 Å². The number of carbonyl (C=O) groups excluding carboxylic acids is 1. The van der Waals surface area contributed by atoms with Gasteiger partial charge in [0, 0.05) is 18.1 Å². The predicted octanol–water partition coefficient (Wildman–Crippen LogP) is 2.91. The van der Waals surface area contributed by atoms with Crippen LogP contribution in [0.3, 0.4) is 0 Å². The molecule has 6 nitrogen and oxygen atoms in total. The van der Waals surface area contributed by atoms with E-state index in [1.807, 2.05) is 13.8 Å². The average molecular weight is 321 g/mol. The van der Waals surface area contributed by atoms with Crippen molar-refractivity contribution in [3.63, 3.8) is 0 Å². The molecule has 1 aromatic rings. The Morgan fingerprint density at radius 1 is 1.43 bits per heavy atom.